The summed E-state index contributed by atoms with van der Waals surface area (Å²) in [5, 5.41) is 2.92. The average molecular weight is 227 g/mol. The molecule has 5 heteroatoms. The maximum absolute atomic E-state index is 11.7. The summed E-state index contributed by atoms with van der Waals surface area (Å²) in [6.07, 6.45) is 2.18. The van der Waals surface area contributed by atoms with Crippen LogP contribution in [0.4, 0.5) is 0 Å². The molecule has 2 amide bonds. The topological polar surface area (TPSA) is 75.4 Å². The van der Waals surface area contributed by atoms with Gasteiger partial charge in [0.15, 0.2) is 0 Å². The molecule has 1 fully saturated rings. The number of likely N-dealkylation sites (N-methyl/N-ethyl adjacent to an activating group) is 1. The van der Waals surface area contributed by atoms with Crippen LogP contribution in [0.2, 0.25) is 0 Å². The van der Waals surface area contributed by atoms with Gasteiger partial charge in [-0.3, -0.25) is 14.9 Å². The van der Waals surface area contributed by atoms with Crippen molar-refractivity contribution in [2.75, 3.05) is 13.6 Å². The van der Waals surface area contributed by atoms with Crippen molar-refractivity contribution in [2.24, 2.45) is 11.7 Å². The Labute approximate surface area is 96.4 Å². The molecule has 5 nitrogen and oxygen atoms in total. The first-order valence-electron chi connectivity index (χ1n) is 5.71. The number of amides is 2. The molecule has 3 N–H and O–H groups in total. The van der Waals surface area contributed by atoms with E-state index in [1.54, 1.807) is 11.9 Å². The molecule has 0 aromatic carbocycles. The number of rotatable bonds is 6. The molecule has 0 bridgehead atoms. The quantitative estimate of drug-likeness (QED) is 0.654. The monoisotopic (exact) mass is 227 g/mol. The second-order valence-corrected chi connectivity index (χ2v) is 4.74. The molecule has 0 saturated heterocycles. The van der Waals surface area contributed by atoms with Crippen molar-refractivity contribution < 1.29 is 9.59 Å². The molecule has 0 radical (unpaired) electrons. The fraction of sp³-hybridized carbons (Fsp3) is 0.818. The highest BCUT2D eigenvalue weighted by molar-refractivity contribution is 5.82. The van der Waals surface area contributed by atoms with E-state index in [0.29, 0.717) is 6.04 Å². The molecule has 92 valence electrons. The number of carbonyl (C=O) groups excluding carboxylic acids is 2. The summed E-state index contributed by atoms with van der Waals surface area (Å²) in [4.78, 5) is 24.5. The molecule has 0 aromatic rings. The minimum atomic E-state index is -0.434. The van der Waals surface area contributed by atoms with Crippen molar-refractivity contribution in [1.29, 1.82) is 0 Å². The molecule has 1 aliphatic carbocycles. The summed E-state index contributed by atoms with van der Waals surface area (Å²) in [6, 6.07) is -0.0306. The van der Waals surface area contributed by atoms with E-state index in [2.05, 4.69) is 5.32 Å². The smallest absolute Gasteiger partial charge is 0.236 e. The molecular formula is C11H21N3O2. The van der Waals surface area contributed by atoms with E-state index in [9.17, 15) is 9.59 Å². The molecule has 0 spiro atoms. The Morgan fingerprint density at radius 2 is 2.00 bits per heavy atom. The van der Waals surface area contributed by atoms with Gasteiger partial charge in [-0.1, -0.05) is 13.8 Å². The Hall–Kier alpha value is -1.10. The number of hydrogen-bond donors (Lipinski definition) is 2. The first-order valence-corrected chi connectivity index (χ1v) is 5.71. The number of nitrogens with one attached hydrogen (secondary N) is 1. The molecule has 1 unspecified atom stereocenters. The second-order valence-electron chi connectivity index (χ2n) is 4.74. The van der Waals surface area contributed by atoms with Crippen LogP contribution in [0.5, 0.6) is 0 Å². The number of carbonyl (C=O) groups is 2. The maximum atomic E-state index is 11.7. The minimum absolute atomic E-state index is 0.0226. The van der Waals surface area contributed by atoms with Gasteiger partial charge in [-0.05, 0) is 18.8 Å². The van der Waals surface area contributed by atoms with E-state index < -0.39 is 11.9 Å². The van der Waals surface area contributed by atoms with Crippen LogP contribution < -0.4 is 11.1 Å². The van der Waals surface area contributed by atoms with Gasteiger partial charge in [-0.25, -0.2) is 0 Å². The summed E-state index contributed by atoms with van der Waals surface area (Å²) in [5.74, 6) is -0.289. The van der Waals surface area contributed by atoms with E-state index in [1.807, 2.05) is 13.8 Å². The zero-order valence-electron chi connectivity index (χ0n) is 10.2. The van der Waals surface area contributed by atoms with Crippen molar-refractivity contribution >= 4 is 11.8 Å². The van der Waals surface area contributed by atoms with Crippen LogP contribution in [0, 0.1) is 5.92 Å². The normalized spacial score (nSPS) is 17.2. The summed E-state index contributed by atoms with van der Waals surface area (Å²) in [7, 11) is 1.80. The largest absolute Gasteiger partial charge is 0.368 e. The zero-order chi connectivity index (χ0) is 12.3. The lowest BCUT2D eigenvalue weighted by Crippen LogP contribution is -2.49. The Kier molecular flexibility index (Phi) is 4.29. The Morgan fingerprint density at radius 1 is 1.44 bits per heavy atom. The molecule has 0 heterocycles. The standard InChI is InChI=1S/C11H21N3O2/c1-7(2)10(11(12)16)13-6-9(15)14(3)8-4-5-8/h7-8,10,13H,4-6H2,1-3H3,(H2,12,16). The predicted molar refractivity (Wildman–Crippen MR) is 61.6 cm³/mol. The van der Waals surface area contributed by atoms with Gasteiger partial charge in [-0.2, -0.15) is 0 Å². The minimum Gasteiger partial charge on any atom is -0.368 e. The summed E-state index contributed by atoms with van der Waals surface area (Å²) in [6.45, 7) is 3.98. The van der Waals surface area contributed by atoms with Crippen LogP contribution in [-0.4, -0.2) is 42.4 Å². The van der Waals surface area contributed by atoms with Crippen molar-refractivity contribution in [2.45, 2.75) is 38.8 Å². The van der Waals surface area contributed by atoms with Crippen LogP contribution in [0.3, 0.4) is 0 Å². The number of hydrogen-bond acceptors (Lipinski definition) is 3. The van der Waals surface area contributed by atoms with Crippen LogP contribution >= 0.6 is 0 Å². The molecule has 1 aliphatic rings. The van der Waals surface area contributed by atoms with E-state index in [1.165, 1.54) is 0 Å². The zero-order valence-corrected chi connectivity index (χ0v) is 10.2. The first-order chi connectivity index (χ1) is 7.43. The van der Waals surface area contributed by atoms with Crippen molar-refractivity contribution in [3.63, 3.8) is 0 Å². The number of nitrogens with zero attached hydrogens (tertiary/aromatic N) is 1. The van der Waals surface area contributed by atoms with Gasteiger partial charge in [0.25, 0.3) is 0 Å². The second kappa shape index (κ2) is 5.30. The van der Waals surface area contributed by atoms with E-state index in [4.69, 9.17) is 5.73 Å². The highest BCUT2D eigenvalue weighted by Gasteiger charge is 2.30. The van der Waals surface area contributed by atoms with Gasteiger partial charge < -0.3 is 10.6 Å². The summed E-state index contributed by atoms with van der Waals surface area (Å²) < 4.78 is 0. The predicted octanol–water partition coefficient (Wildman–Crippen LogP) is -0.293. The molecule has 16 heavy (non-hydrogen) atoms. The SMILES string of the molecule is CC(C)C(NCC(=O)N(C)C1CC1)C(N)=O. The molecule has 1 saturated carbocycles. The van der Waals surface area contributed by atoms with Gasteiger partial charge in [0.1, 0.15) is 0 Å². The van der Waals surface area contributed by atoms with Crippen LogP contribution in [0.1, 0.15) is 26.7 Å². The third kappa shape index (κ3) is 3.48. The lowest BCUT2D eigenvalue weighted by Gasteiger charge is -2.21. The van der Waals surface area contributed by atoms with Crippen LogP contribution in [0.15, 0.2) is 0 Å². The Bertz CT molecular complexity index is 274. The molecule has 1 atom stereocenters. The van der Waals surface area contributed by atoms with Crippen LogP contribution in [-0.2, 0) is 9.59 Å². The fourth-order valence-corrected chi connectivity index (χ4v) is 1.65. The highest BCUT2D eigenvalue weighted by Crippen LogP contribution is 2.25. The van der Waals surface area contributed by atoms with Gasteiger partial charge >= 0.3 is 0 Å². The number of nitrogens with two attached hydrogens (primary N) is 1. The van der Waals surface area contributed by atoms with Crippen molar-refractivity contribution in [1.82, 2.24) is 10.2 Å². The van der Waals surface area contributed by atoms with Crippen molar-refractivity contribution in [3.05, 3.63) is 0 Å². The highest BCUT2D eigenvalue weighted by atomic mass is 16.2. The van der Waals surface area contributed by atoms with Gasteiger partial charge in [-0.15, -0.1) is 0 Å². The lowest BCUT2D eigenvalue weighted by molar-refractivity contribution is -0.129. The number of primary amides is 1. The van der Waals surface area contributed by atoms with E-state index in [-0.39, 0.29) is 18.4 Å². The van der Waals surface area contributed by atoms with Gasteiger partial charge in [0.05, 0.1) is 12.6 Å². The Morgan fingerprint density at radius 3 is 2.38 bits per heavy atom. The molecule has 1 rings (SSSR count). The van der Waals surface area contributed by atoms with E-state index in [0.717, 1.165) is 12.8 Å². The third-order valence-electron chi connectivity index (χ3n) is 2.93. The van der Waals surface area contributed by atoms with Crippen LogP contribution in [0.25, 0.3) is 0 Å². The van der Waals surface area contributed by atoms with Crippen molar-refractivity contribution in [3.8, 4) is 0 Å². The van der Waals surface area contributed by atoms with Gasteiger partial charge in [0, 0.05) is 13.1 Å². The summed E-state index contributed by atoms with van der Waals surface area (Å²) in [5.41, 5.74) is 5.25. The molecule has 0 aliphatic heterocycles. The Balaban J connectivity index is 2.36. The van der Waals surface area contributed by atoms with Gasteiger partial charge in [0.2, 0.25) is 11.8 Å². The molecule has 0 aromatic heterocycles. The molecular weight excluding hydrogens is 206 g/mol. The summed E-state index contributed by atoms with van der Waals surface area (Å²) >= 11 is 0. The first kappa shape index (κ1) is 13.0. The maximum Gasteiger partial charge on any atom is 0.236 e. The average Bonchev–Trinajstić information content (AvgIpc) is 2.98. The fourth-order valence-electron chi connectivity index (χ4n) is 1.65. The third-order valence-corrected chi connectivity index (χ3v) is 2.93. The van der Waals surface area contributed by atoms with E-state index >= 15 is 0 Å². The lowest BCUT2D eigenvalue weighted by atomic mass is 10.0.